The van der Waals surface area contributed by atoms with Crippen molar-refractivity contribution >= 4 is 46.7 Å². The van der Waals surface area contributed by atoms with Crippen molar-refractivity contribution in [3.63, 3.8) is 0 Å². The monoisotopic (exact) mass is 417 g/mol. The summed E-state index contributed by atoms with van der Waals surface area (Å²) >= 11 is 7.19. The molecule has 1 aliphatic heterocycles. The average Bonchev–Trinajstić information content (AvgIpc) is 3.13. The normalized spacial score (nSPS) is 14.8. The van der Waals surface area contributed by atoms with Gasteiger partial charge < -0.3 is 9.64 Å². The molecule has 146 valence electrons. The summed E-state index contributed by atoms with van der Waals surface area (Å²) in [5.74, 6) is -0.700. The fourth-order valence-corrected chi connectivity index (χ4v) is 3.86. The standard InChI is InChI=1S/C21H20ClNO4S/c1-14(28-18-9-7-16(22)8-10-18)21(26)27-13-19(24)15-4-2-5-17(12-15)23-11-3-6-20(23)25/h2,4-5,7-10,12,14H,3,6,11,13H2,1H3/t14-/m0/s1. The van der Waals surface area contributed by atoms with E-state index in [0.29, 0.717) is 29.2 Å². The van der Waals surface area contributed by atoms with Crippen LogP contribution in [0.5, 0.6) is 0 Å². The molecule has 5 nitrogen and oxygen atoms in total. The van der Waals surface area contributed by atoms with Crippen molar-refractivity contribution < 1.29 is 19.1 Å². The zero-order valence-electron chi connectivity index (χ0n) is 15.4. The van der Waals surface area contributed by atoms with Gasteiger partial charge in [-0.3, -0.25) is 14.4 Å². The minimum atomic E-state index is -0.459. The lowest BCUT2D eigenvalue weighted by Crippen LogP contribution is -2.24. The molecule has 1 saturated heterocycles. The molecule has 1 fully saturated rings. The number of rotatable bonds is 7. The van der Waals surface area contributed by atoms with Crippen LogP contribution in [0.15, 0.2) is 53.4 Å². The van der Waals surface area contributed by atoms with Crippen LogP contribution < -0.4 is 4.90 Å². The van der Waals surface area contributed by atoms with Crippen LogP contribution in [0, 0.1) is 0 Å². The van der Waals surface area contributed by atoms with E-state index in [1.807, 2.05) is 12.1 Å². The first-order chi connectivity index (χ1) is 13.4. The van der Waals surface area contributed by atoms with E-state index in [9.17, 15) is 14.4 Å². The third kappa shape index (κ3) is 5.14. The summed E-state index contributed by atoms with van der Waals surface area (Å²) < 4.78 is 5.19. The zero-order chi connectivity index (χ0) is 20.1. The Balaban J connectivity index is 1.55. The number of thioether (sulfide) groups is 1. The summed E-state index contributed by atoms with van der Waals surface area (Å²) in [6.07, 6.45) is 1.34. The number of amides is 1. The molecular weight excluding hydrogens is 398 g/mol. The maximum atomic E-state index is 12.4. The summed E-state index contributed by atoms with van der Waals surface area (Å²) in [5.41, 5.74) is 1.12. The number of Topliss-reactive ketones (excluding diaryl/α,β-unsaturated/α-hetero) is 1. The first-order valence-electron chi connectivity index (χ1n) is 8.96. The third-order valence-corrected chi connectivity index (χ3v) is 5.70. The highest BCUT2D eigenvalue weighted by molar-refractivity contribution is 8.00. The molecule has 1 atom stereocenters. The minimum Gasteiger partial charge on any atom is -0.456 e. The van der Waals surface area contributed by atoms with Crippen LogP contribution in [-0.2, 0) is 14.3 Å². The highest BCUT2D eigenvalue weighted by Gasteiger charge is 2.23. The van der Waals surface area contributed by atoms with Crippen molar-refractivity contribution in [2.45, 2.75) is 29.9 Å². The zero-order valence-corrected chi connectivity index (χ0v) is 17.0. The lowest BCUT2D eigenvalue weighted by atomic mass is 10.1. The highest BCUT2D eigenvalue weighted by atomic mass is 35.5. The Bertz CT molecular complexity index is 884. The number of carbonyl (C=O) groups is 3. The lowest BCUT2D eigenvalue weighted by Gasteiger charge is -2.16. The maximum absolute atomic E-state index is 12.4. The second kappa shape index (κ2) is 9.26. The molecule has 2 aromatic rings. The summed E-state index contributed by atoms with van der Waals surface area (Å²) in [4.78, 5) is 39.1. The topological polar surface area (TPSA) is 63.7 Å². The van der Waals surface area contributed by atoms with Gasteiger partial charge in [-0.25, -0.2) is 0 Å². The Morgan fingerprint density at radius 3 is 2.64 bits per heavy atom. The van der Waals surface area contributed by atoms with Gasteiger partial charge in [0.15, 0.2) is 12.4 Å². The molecule has 0 radical (unpaired) electrons. The Kier molecular flexibility index (Phi) is 6.75. The second-order valence-electron chi connectivity index (χ2n) is 6.44. The molecule has 0 saturated carbocycles. The largest absolute Gasteiger partial charge is 0.456 e. The van der Waals surface area contributed by atoms with Crippen LogP contribution in [0.1, 0.15) is 30.1 Å². The molecule has 2 aromatic carbocycles. The Hall–Kier alpha value is -2.31. The van der Waals surface area contributed by atoms with Gasteiger partial charge in [-0.05, 0) is 49.7 Å². The summed E-state index contributed by atoms with van der Waals surface area (Å²) in [5, 5.41) is 0.172. The Labute approximate surface area is 173 Å². The smallest absolute Gasteiger partial charge is 0.319 e. The molecule has 1 aliphatic rings. The van der Waals surface area contributed by atoms with Crippen molar-refractivity contribution in [1.82, 2.24) is 0 Å². The van der Waals surface area contributed by atoms with E-state index in [1.165, 1.54) is 11.8 Å². The molecule has 0 bridgehead atoms. The quantitative estimate of drug-likeness (QED) is 0.380. The van der Waals surface area contributed by atoms with Gasteiger partial charge in [0.05, 0.1) is 0 Å². The number of benzene rings is 2. The lowest BCUT2D eigenvalue weighted by molar-refractivity contribution is -0.141. The fraction of sp³-hybridized carbons (Fsp3) is 0.286. The van der Waals surface area contributed by atoms with Gasteiger partial charge in [-0.1, -0.05) is 23.7 Å². The van der Waals surface area contributed by atoms with E-state index in [0.717, 1.165) is 11.3 Å². The number of hydrogen-bond donors (Lipinski definition) is 0. The number of esters is 1. The molecule has 0 N–H and O–H groups in total. The molecule has 7 heteroatoms. The maximum Gasteiger partial charge on any atom is 0.319 e. The molecule has 0 unspecified atom stereocenters. The predicted molar refractivity (Wildman–Crippen MR) is 110 cm³/mol. The number of nitrogens with zero attached hydrogens (tertiary/aromatic N) is 1. The van der Waals surface area contributed by atoms with Crippen molar-refractivity contribution in [3.8, 4) is 0 Å². The predicted octanol–water partition coefficient (Wildman–Crippen LogP) is 4.37. The number of hydrogen-bond acceptors (Lipinski definition) is 5. The molecule has 1 heterocycles. The van der Waals surface area contributed by atoms with E-state index in [-0.39, 0.29) is 18.3 Å². The van der Waals surface area contributed by atoms with Crippen molar-refractivity contribution in [2.75, 3.05) is 18.1 Å². The summed E-state index contributed by atoms with van der Waals surface area (Å²) in [6.45, 7) is 2.05. The fourth-order valence-electron chi connectivity index (χ4n) is 2.87. The van der Waals surface area contributed by atoms with Crippen LogP contribution in [0.4, 0.5) is 5.69 Å². The van der Waals surface area contributed by atoms with E-state index < -0.39 is 11.2 Å². The SMILES string of the molecule is C[C@H](Sc1ccc(Cl)cc1)C(=O)OCC(=O)c1cccc(N2CCCC2=O)c1. The highest BCUT2D eigenvalue weighted by Crippen LogP contribution is 2.26. The summed E-state index contributed by atoms with van der Waals surface area (Å²) in [6, 6.07) is 14.0. The van der Waals surface area contributed by atoms with Gasteiger partial charge in [0, 0.05) is 34.1 Å². The number of anilines is 1. The van der Waals surface area contributed by atoms with Gasteiger partial charge in [0.2, 0.25) is 5.91 Å². The first kappa shape index (κ1) is 20.4. The van der Waals surface area contributed by atoms with Crippen molar-refractivity contribution in [2.24, 2.45) is 0 Å². The number of ketones is 1. The van der Waals surface area contributed by atoms with Crippen LogP contribution in [0.25, 0.3) is 0 Å². The number of halogens is 1. The van der Waals surface area contributed by atoms with E-state index in [2.05, 4.69) is 0 Å². The molecule has 28 heavy (non-hydrogen) atoms. The van der Waals surface area contributed by atoms with Crippen molar-refractivity contribution in [1.29, 1.82) is 0 Å². The van der Waals surface area contributed by atoms with Gasteiger partial charge in [0.25, 0.3) is 0 Å². The van der Waals surface area contributed by atoms with Crippen LogP contribution >= 0.6 is 23.4 Å². The third-order valence-electron chi connectivity index (χ3n) is 4.36. The Morgan fingerprint density at radius 1 is 1.21 bits per heavy atom. The number of ether oxygens (including phenoxy) is 1. The van der Waals surface area contributed by atoms with Crippen molar-refractivity contribution in [3.05, 3.63) is 59.1 Å². The molecule has 1 amide bonds. The van der Waals surface area contributed by atoms with E-state index >= 15 is 0 Å². The summed E-state index contributed by atoms with van der Waals surface area (Å²) in [7, 11) is 0. The molecule has 3 rings (SSSR count). The van der Waals surface area contributed by atoms with Gasteiger partial charge in [-0.2, -0.15) is 0 Å². The Morgan fingerprint density at radius 2 is 1.96 bits per heavy atom. The van der Waals surface area contributed by atoms with Crippen LogP contribution in [0.2, 0.25) is 5.02 Å². The van der Waals surface area contributed by atoms with Crippen LogP contribution in [0.3, 0.4) is 0 Å². The number of carbonyl (C=O) groups excluding carboxylic acids is 3. The first-order valence-corrected chi connectivity index (χ1v) is 10.2. The molecule has 0 spiro atoms. The van der Waals surface area contributed by atoms with Crippen LogP contribution in [-0.4, -0.2) is 36.1 Å². The van der Waals surface area contributed by atoms with Gasteiger partial charge in [-0.15, -0.1) is 11.8 Å². The van der Waals surface area contributed by atoms with Gasteiger partial charge >= 0.3 is 5.97 Å². The van der Waals surface area contributed by atoms with E-state index in [1.54, 1.807) is 48.2 Å². The van der Waals surface area contributed by atoms with E-state index in [4.69, 9.17) is 16.3 Å². The second-order valence-corrected chi connectivity index (χ2v) is 8.29. The average molecular weight is 418 g/mol. The minimum absolute atomic E-state index is 0.0593. The molecule has 0 aromatic heterocycles. The molecule has 0 aliphatic carbocycles. The molecular formula is C21H20ClNO4S. The van der Waals surface area contributed by atoms with Gasteiger partial charge in [0.1, 0.15) is 5.25 Å².